The van der Waals surface area contributed by atoms with E-state index in [0.29, 0.717) is 5.57 Å². The first kappa shape index (κ1) is 14.2. The standard InChI is InChI=1S/C16H24O4/c1-8-9-10(13(20-5)14(2,3)11(9)17)12(18)15(4,19)16(8)6-7-16/h10,12-13,18-19H,6-7H2,1-5H3/t10?,12-,13+,15+/m1/s1. The van der Waals surface area contributed by atoms with E-state index in [1.165, 1.54) is 0 Å². The number of rotatable bonds is 1. The molecule has 0 heterocycles. The van der Waals surface area contributed by atoms with Crippen LogP contribution in [0.1, 0.15) is 40.5 Å². The van der Waals surface area contributed by atoms with Gasteiger partial charge in [-0.15, -0.1) is 0 Å². The highest BCUT2D eigenvalue weighted by molar-refractivity contribution is 6.04. The number of hydrogen-bond donors (Lipinski definition) is 2. The average molecular weight is 280 g/mol. The van der Waals surface area contributed by atoms with Crippen molar-refractivity contribution in [3.8, 4) is 0 Å². The van der Waals surface area contributed by atoms with Crippen molar-refractivity contribution >= 4 is 5.78 Å². The smallest absolute Gasteiger partial charge is 0.167 e. The number of carbonyl (C=O) groups is 1. The fraction of sp³-hybridized carbons (Fsp3) is 0.812. The van der Waals surface area contributed by atoms with E-state index in [2.05, 4.69) is 0 Å². The highest BCUT2D eigenvalue weighted by atomic mass is 16.5. The third-order valence-corrected chi connectivity index (χ3v) is 6.21. The van der Waals surface area contributed by atoms with Crippen LogP contribution in [0.2, 0.25) is 0 Å². The number of fused-ring (bicyclic) bond motifs is 1. The van der Waals surface area contributed by atoms with Crippen molar-refractivity contribution in [2.45, 2.75) is 58.3 Å². The van der Waals surface area contributed by atoms with Crippen molar-refractivity contribution in [1.29, 1.82) is 0 Å². The summed E-state index contributed by atoms with van der Waals surface area (Å²) in [5.74, 6) is -0.364. The Morgan fingerprint density at radius 1 is 1.25 bits per heavy atom. The van der Waals surface area contributed by atoms with Gasteiger partial charge in [-0.2, -0.15) is 0 Å². The third-order valence-electron chi connectivity index (χ3n) is 6.21. The van der Waals surface area contributed by atoms with Crippen LogP contribution in [0, 0.1) is 16.7 Å². The Kier molecular flexibility index (Phi) is 2.65. The maximum Gasteiger partial charge on any atom is 0.167 e. The van der Waals surface area contributed by atoms with Crippen molar-refractivity contribution in [2.75, 3.05) is 7.11 Å². The Hall–Kier alpha value is -0.710. The van der Waals surface area contributed by atoms with Gasteiger partial charge in [0.2, 0.25) is 0 Å². The highest BCUT2D eigenvalue weighted by Crippen LogP contribution is 2.67. The van der Waals surface area contributed by atoms with Crippen LogP contribution in [0.3, 0.4) is 0 Å². The molecular formula is C16H24O4. The minimum absolute atomic E-state index is 0.0627. The average Bonchev–Trinajstić information content (AvgIpc) is 3.13. The lowest BCUT2D eigenvalue weighted by atomic mass is 9.64. The first-order valence-electron chi connectivity index (χ1n) is 7.32. The summed E-state index contributed by atoms with van der Waals surface area (Å²) >= 11 is 0. The van der Waals surface area contributed by atoms with E-state index in [0.717, 1.165) is 18.4 Å². The molecule has 0 bridgehead atoms. The Bertz CT molecular complexity index is 511. The molecule has 2 fully saturated rings. The molecule has 3 aliphatic rings. The monoisotopic (exact) mass is 280 g/mol. The van der Waals surface area contributed by atoms with E-state index in [4.69, 9.17) is 4.74 Å². The molecule has 0 aliphatic heterocycles. The summed E-state index contributed by atoms with van der Waals surface area (Å²) in [5.41, 5.74) is -0.586. The summed E-state index contributed by atoms with van der Waals surface area (Å²) in [6, 6.07) is 0. The zero-order chi connectivity index (χ0) is 15.1. The summed E-state index contributed by atoms with van der Waals surface area (Å²) in [6.45, 7) is 7.38. The van der Waals surface area contributed by atoms with Crippen LogP contribution >= 0.6 is 0 Å². The molecule has 0 radical (unpaired) electrons. The molecule has 3 aliphatic carbocycles. The van der Waals surface area contributed by atoms with Gasteiger partial charge in [0, 0.05) is 24.0 Å². The van der Waals surface area contributed by atoms with Crippen molar-refractivity contribution in [1.82, 2.24) is 0 Å². The number of ether oxygens (including phenoxy) is 1. The van der Waals surface area contributed by atoms with Crippen LogP contribution in [0.15, 0.2) is 11.1 Å². The maximum atomic E-state index is 12.8. The van der Waals surface area contributed by atoms with E-state index in [-0.39, 0.29) is 5.78 Å². The molecule has 112 valence electrons. The van der Waals surface area contributed by atoms with Crippen LogP contribution in [0.5, 0.6) is 0 Å². The predicted molar refractivity (Wildman–Crippen MR) is 74.1 cm³/mol. The van der Waals surface area contributed by atoms with E-state index < -0.39 is 34.6 Å². The second-order valence-electron chi connectivity index (χ2n) is 7.45. The normalized spacial score (nSPS) is 45.0. The molecule has 1 unspecified atom stereocenters. The lowest BCUT2D eigenvalue weighted by Crippen LogP contribution is -2.57. The topological polar surface area (TPSA) is 66.8 Å². The lowest BCUT2D eigenvalue weighted by Gasteiger charge is -2.47. The van der Waals surface area contributed by atoms with Gasteiger partial charge in [-0.3, -0.25) is 4.79 Å². The molecule has 4 heteroatoms. The Balaban J connectivity index is 2.23. The minimum atomic E-state index is -1.19. The number of aliphatic hydroxyl groups excluding tert-OH is 1. The first-order valence-corrected chi connectivity index (χ1v) is 7.32. The van der Waals surface area contributed by atoms with Gasteiger partial charge in [0.05, 0.1) is 23.2 Å². The summed E-state index contributed by atoms with van der Waals surface area (Å²) in [7, 11) is 1.57. The van der Waals surface area contributed by atoms with E-state index in [1.54, 1.807) is 14.0 Å². The molecule has 1 spiro atoms. The van der Waals surface area contributed by atoms with Crippen molar-refractivity contribution in [3.05, 3.63) is 11.1 Å². The van der Waals surface area contributed by atoms with E-state index in [1.807, 2.05) is 20.8 Å². The molecule has 0 saturated heterocycles. The molecule has 3 rings (SSSR count). The molecule has 0 amide bonds. The number of aliphatic hydroxyl groups is 2. The van der Waals surface area contributed by atoms with E-state index in [9.17, 15) is 15.0 Å². The third kappa shape index (κ3) is 1.31. The first-order chi connectivity index (χ1) is 9.13. The Morgan fingerprint density at radius 2 is 1.80 bits per heavy atom. The highest BCUT2D eigenvalue weighted by Gasteiger charge is 2.70. The predicted octanol–water partition coefficient (Wildman–Crippen LogP) is 1.45. The molecule has 2 saturated carbocycles. The minimum Gasteiger partial charge on any atom is -0.389 e. The van der Waals surface area contributed by atoms with Gasteiger partial charge in [-0.1, -0.05) is 19.4 Å². The fourth-order valence-electron chi connectivity index (χ4n) is 4.69. The molecule has 0 aromatic heterocycles. The SMILES string of the molecule is CO[C@H]1C2C(=C(C)C3(CC3)[C@@](C)(O)[C@@H]2O)C(=O)C1(C)C. The van der Waals surface area contributed by atoms with Crippen LogP contribution in [-0.2, 0) is 9.53 Å². The summed E-state index contributed by atoms with van der Waals surface area (Å²) in [6.07, 6.45) is 0.325. The van der Waals surface area contributed by atoms with Crippen molar-refractivity contribution < 1.29 is 19.7 Å². The van der Waals surface area contributed by atoms with Gasteiger partial charge in [0.1, 0.15) is 0 Å². The second-order valence-corrected chi connectivity index (χ2v) is 7.45. The second kappa shape index (κ2) is 3.73. The number of ketones is 1. The maximum absolute atomic E-state index is 12.8. The van der Waals surface area contributed by atoms with Gasteiger partial charge in [0.25, 0.3) is 0 Å². The van der Waals surface area contributed by atoms with Gasteiger partial charge in [-0.25, -0.2) is 0 Å². The molecule has 4 nitrogen and oxygen atoms in total. The van der Waals surface area contributed by atoms with Gasteiger partial charge in [0.15, 0.2) is 5.78 Å². The Morgan fingerprint density at radius 3 is 2.25 bits per heavy atom. The number of hydrogen-bond acceptors (Lipinski definition) is 4. The van der Waals surface area contributed by atoms with E-state index >= 15 is 0 Å². The molecule has 0 aromatic carbocycles. The van der Waals surface area contributed by atoms with Crippen molar-refractivity contribution in [3.63, 3.8) is 0 Å². The Labute approximate surface area is 119 Å². The summed E-state index contributed by atoms with van der Waals surface area (Å²) in [4.78, 5) is 12.8. The van der Waals surface area contributed by atoms with Crippen molar-refractivity contribution in [2.24, 2.45) is 16.7 Å². The summed E-state index contributed by atoms with van der Waals surface area (Å²) < 4.78 is 5.54. The molecule has 4 atom stereocenters. The fourth-order valence-corrected chi connectivity index (χ4v) is 4.69. The van der Waals surface area contributed by atoms with Crippen LogP contribution < -0.4 is 0 Å². The number of methoxy groups -OCH3 is 1. The molecule has 20 heavy (non-hydrogen) atoms. The van der Waals surface area contributed by atoms with Crippen LogP contribution in [-0.4, -0.2) is 40.9 Å². The van der Waals surface area contributed by atoms with Crippen LogP contribution in [0.25, 0.3) is 0 Å². The largest absolute Gasteiger partial charge is 0.389 e. The summed E-state index contributed by atoms with van der Waals surface area (Å²) in [5, 5.41) is 21.6. The number of Topliss-reactive ketones (excluding diaryl/α,β-unsaturated/α-hetero) is 1. The zero-order valence-corrected chi connectivity index (χ0v) is 12.9. The molecule has 0 aromatic rings. The van der Waals surface area contributed by atoms with Gasteiger partial charge in [-0.05, 0) is 26.7 Å². The van der Waals surface area contributed by atoms with Gasteiger partial charge >= 0.3 is 0 Å². The molecular weight excluding hydrogens is 256 g/mol. The van der Waals surface area contributed by atoms with Crippen LogP contribution in [0.4, 0.5) is 0 Å². The lowest BCUT2D eigenvalue weighted by molar-refractivity contribution is -0.150. The zero-order valence-electron chi connectivity index (χ0n) is 12.9. The van der Waals surface area contributed by atoms with Gasteiger partial charge < -0.3 is 14.9 Å². The quantitative estimate of drug-likeness (QED) is 0.763. The number of carbonyl (C=O) groups excluding carboxylic acids is 1. The molecule has 2 N–H and O–H groups in total.